The summed E-state index contributed by atoms with van der Waals surface area (Å²) in [5.41, 5.74) is 10.9. The minimum Gasteiger partial charge on any atom is -0.497 e. The zero-order chi connectivity index (χ0) is 17.1. The number of ether oxygens (including phenoxy) is 1. The molecule has 0 fully saturated rings. The summed E-state index contributed by atoms with van der Waals surface area (Å²) in [6.45, 7) is 2.74. The Morgan fingerprint density at radius 1 is 1.17 bits per heavy atom. The summed E-state index contributed by atoms with van der Waals surface area (Å²) in [4.78, 5) is 3.50. The number of nitrogens with two attached hydrogens (primary N) is 1. The number of aryl methyl sites for hydroxylation is 2. The molecular weight excluding hydrogens is 303 g/mol. The minimum absolute atomic E-state index is 0.228. The van der Waals surface area contributed by atoms with Crippen molar-refractivity contribution in [3.8, 4) is 17.0 Å². The first-order valence-electron chi connectivity index (χ1n) is 8.29. The molecule has 0 atom stereocenters. The Labute approximate surface area is 141 Å². The van der Waals surface area contributed by atoms with Crippen LogP contribution in [0.1, 0.15) is 24.0 Å². The van der Waals surface area contributed by atoms with Gasteiger partial charge in [0.05, 0.1) is 7.11 Å². The Kier molecular flexibility index (Phi) is 4.86. The molecule has 24 heavy (non-hydrogen) atoms. The molecule has 0 aliphatic rings. The molecule has 0 amide bonds. The summed E-state index contributed by atoms with van der Waals surface area (Å²) in [7, 11) is 1.68. The van der Waals surface area contributed by atoms with Crippen molar-refractivity contribution in [3.63, 3.8) is 0 Å². The van der Waals surface area contributed by atoms with Crippen molar-refractivity contribution < 1.29 is 9.13 Å². The number of nitrogens with one attached hydrogen (secondary N) is 1. The quantitative estimate of drug-likeness (QED) is 0.652. The normalized spacial score (nSPS) is 11.2. The lowest BCUT2D eigenvalue weighted by Gasteiger charge is -2.06. The van der Waals surface area contributed by atoms with Crippen LogP contribution < -0.4 is 10.5 Å². The van der Waals surface area contributed by atoms with Gasteiger partial charge in [0.2, 0.25) is 0 Å². The lowest BCUT2D eigenvalue weighted by atomic mass is 9.99. The summed E-state index contributed by atoms with van der Waals surface area (Å²) in [6.07, 6.45) is 2.87. The van der Waals surface area contributed by atoms with Gasteiger partial charge in [0.1, 0.15) is 11.6 Å². The Morgan fingerprint density at radius 2 is 2.00 bits per heavy atom. The van der Waals surface area contributed by atoms with E-state index in [-0.39, 0.29) is 5.82 Å². The van der Waals surface area contributed by atoms with Crippen molar-refractivity contribution in [1.82, 2.24) is 4.98 Å². The number of rotatable bonds is 6. The SMILES string of the molecule is COc1cc(C)c2[nH]c(-c3cccc(F)c3)c(CCCCN)c2c1. The molecule has 0 saturated heterocycles. The summed E-state index contributed by atoms with van der Waals surface area (Å²) in [5, 5.41) is 1.14. The van der Waals surface area contributed by atoms with Gasteiger partial charge in [-0.1, -0.05) is 12.1 Å². The van der Waals surface area contributed by atoms with Gasteiger partial charge >= 0.3 is 0 Å². The van der Waals surface area contributed by atoms with Gasteiger partial charge in [0.25, 0.3) is 0 Å². The van der Waals surface area contributed by atoms with E-state index in [2.05, 4.69) is 18.0 Å². The third-order valence-electron chi connectivity index (χ3n) is 4.42. The first-order valence-corrected chi connectivity index (χ1v) is 8.29. The highest BCUT2D eigenvalue weighted by Gasteiger charge is 2.16. The Balaban J connectivity index is 2.19. The second-order valence-electron chi connectivity index (χ2n) is 6.10. The molecule has 2 aromatic carbocycles. The summed E-state index contributed by atoms with van der Waals surface area (Å²) in [6, 6.07) is 10.8. The molecule has 3 nitrogen and oxygen atoms in total. The third-order valence-corrected chi connectivity index (χ3v) is 4.42. The predicted molar refractivity (Wildman–Crippen MR) is 97.0 cm³/mol. The smallest absolute Gasteiger partial charge is 0.123 e. The van der Waals surface area contributed by atoms with Crippen LogP contribution in [0.25, 0.3) is 22.2 Å². The van der Waals surface area contributed by atoms with Gasteiger partial charge in [-0.25, -0.2) is 4.39 Å². The number of benzene rings is 2. The van der Waals surface area contributed by atoms with Crippen LogP contribution >= 0.6 is 0 Å². The van der Waals surface area contributed by atoms with Crippen molar-refractivity contribution in [2.75, 3.05) is 13.7 Å². The van der Waals surface area contributed by atoms with Crippen LogP contribution in [-0.4, -0.2) is 18.6 Å². The Bertz CT molecular complexity index is 854. The van der Waals surface area contributed by atoms with Crippen LogP contribution in [0.2, 0.25) is 0 Å². The largest absolute Gasteiger partial charge is 0.497 e. The topological polar surface area (TPSA) is 51.0 Å². The maximum Gasteiger partial charge on any atom is 0.123 e. The van der Waals surface area contributed by atoms with Crippen molar-refractivity contribution in [1.29, 1.82) is 0 Å². The second-order valence-corrected chi connectivity index (χ2v) is 6.10. The fourth-order valence-electron chi connectivity index (χ4n) is 3.21. The number of H-pyrrole nitrogens is 1. The second kappa shape index (κ2) is 7.05. The van der Waals surface area contributed by atoms with E-state index in [1.165, 1.54) is 11.6 Å². The van der Waals surface area contributed by atoms with E-state index in [0.29, 0.717) is 6.54 Å². The minimum atomic E-state index is -0.228. The van der Waals surface area contributed by atoms with Gasteiger partial charge in [0.15, 0.2) is 0 Å². The number of fused-ring (bicyclic) bond motifs is 1. The summed E-state index contributed by atoms with van der Waals surface area (Å²) >= 11 is 0. The molecule has 1 heterocycles. The molecule has 0 radical (unpaired) electrons. The monoisotopic (exact) mass is 326 g/mol. The zero-order valence-electron chi connectivity index (χ0n) is 14.2. The highest BCUT2D eigenvalue weighted by Crippen LogP contribution is 2.35. The standard InChI is InChI=1S/C20H23FN2O/c1-13-10-16(24-2)12-18-17(8-3-4-9-22)20(23-19(13)18)14-6-5-7-15(21)11-14/h5-7,10-12,23H,3-4,8-9,22H2,1-2H3. The maximum atomic E-state index is 13.7. The maximum absolute atomic E-state index is 13.7. The van der Waals surface area contributed by atoms with Crippen LogP contribution in [0.15, 0.2) is 36.4 Å². The number of aromatic nitrogens is 1. The number of methoxy groups -OCH3 is 1. The average molecular weight is 326 g/mol. The van der Waals surface area contributed by atoms with Gasteiger partial charge in [-0.2, -0.15) is 0 Å². The highest BCUT2D eigenvalue weighted by atomic mass is 19.1. The van der Waals surface area contributed by atoms with E-state index >= 15 is 0 Å². The van der Waals surface area contributed by atoms with E-state index < -0.39 is 0 Å². The summed E-state index contributed by atoms with van der Waals surface area (Å²) < 4.78 is 19.1. The number of halogens is 1. The number of hydrogen-bond donors (Lipinski definition) is 2. The molecule has 0 aliphatic carbocycles. The van der Waals surface area contributed by atoms with Crippen LogP contribution in [0, 0.1) is 12.7 Å². The van der Waals surface area contributed by atoms with E-state index in [4.69, 9.17) is 10.5 Å². The molecule has 126 valence electrons. The first kappa shape index (κ1) is 16.5. The lowest BCUT2D eigenvalue weighted by molar-refractivity contribution is 0.415. The van der Waals surface area contributed by atoms with Gasteiger partial charge in [-0.05, 0) is 68.1 Å². The molecule has 3 rings (SSSR count). The molecule has 3 aromatic rings. The summed E-state index contributed by atoms with van der Waals surface area (Å²) in [5.74, 6) is 0.609. The van der Waals surface area contributed by atoms with Crippen LogP contribution in [-0.2, 0) is 6.42 Å². The third kappa shape index (κ3) is 3.15. The molecule has 0 aliphatic heterocycles. The molecule has 0 spiro atoms. The first-order chi connectivity index (χ1) is 11.6. The fraction of sp³-hybridized carbons (Fsp3) is 0.300. The highest BCUT2D eigenvalue weighted by molar-refractivity contribution is 5.93. The Morgan fingerprint density at radius 3 is 2.71 bits per heavy atom. The van der Waals surface area contributed by atoms with E-state index in [1.54, 1.807) is 19.2 Å². The Hall–Kier alpha value is -2.33. The average Bonchev–Trinajstić information content (AvgIpc) is 2.94. The molecule has 3 N–H and O–H groups in total. The fourth-order valence-corrected chi connectivity index (χ4v) is 3.21. The van der Waals surface area contributed by atoms with E-state index in [1.807, 2.05) is 12.1 Å². The van der Waals surface area contributed by atoms with Crippen LogP contribution in [0.5, 0.6) is 5.75 Å². The van der Waals surface area contributed by atoms with Gasteiger partial charge in [0, 0.05) is 22.2 Å². The van der Waals surface area contributed by atoms with Crippen molar-refractivity contribution in [2.24, 2.45) is 5.73 Å². The van der Waals surface area contributed by atoms with Crippen molar-refractivity contribution in [3.05, 3.63) is 53.3 Å². The van der Waals surface area contributed by atoms with Gasteiger partial charge in [-0.3, -0.25) is 0 Å². The number of hydrogen-bond acceptors (Lipinski definition) is 2. The molecule has 1 aromatic heterocycles. The number of aromatic amines is 1. The lowest BCUT2D eigenvalue weighted by Crippen LogP contribution is -1.99. The van der Waals surface area contributed by atoms with Crippen LogP contribution in [0.3, 0.4) is 0 Å². The van der Waals surface area contributed by atoms with Crippen LogP contribution in [0.4, 0.5) is 4.39 Å². The molecule has 0 saturated carbocycles. The van der Waals surface area contributed by atoms with Crippen molar-refractivity contribution >= 4 is 10.9 Å². The van der Waals surface area contributed by atoms with E-state index in [0.717, 1.165) is 52.7 Å². The molecular formula is C20H23FN2O. The van der Waals surface area contributed by atoms with Gasteiger partial charge < -0.3 is 15.5 Å². The number of unbranched alkanes of at least 4 members (excludes halogenated alkanes) is 1. The predicted octanol–water partition coefficient (Wildman–Crippen LogP) is 4.57. The molecule has 4 heteroatoms. The van der Waals surface area contributed by atoms with Crippen molar-refractivity contribution in [2.45, 2.75) is 26.2 Å². The molecule has 0 unspecified atom stereocenters. The van der Waals surface area contributed by atoms with E-state index in [9.17, 15) is 4.39 Å². The zero-order valence-corrected chi connectivity index (χ0v) is 14.2. The van der Waals surface area contributed by atoms with Gasteiger partial charge in [-0.15, -0.1) is 0 Å². The molecule has 0 bridgehead atoms.